The van der Waals surface area contributed by atoms with Gasteiger partial charge in [-0.25, -0.2) is 23.8 Å². The molecule has 0 saturated carbocycles. The lowest BCUT2D eigenvalue weighted by molar-refractivity contribution is -0.134. The summed E-state index contributed by atoms with van der Waals surface area (Å²) >= 11 is 7.20. The molecule has 3 saturated heterocycles. The van der Waals surface area contributed by atoms with Crippen LogP contribution in [0.1, 0.15) is 19.3 Å². The van der Waals surface area contributed by atoms with Crippen LogP contribution in [-0.4, -0.2) is 64.4 Å². The van der Waals surface area contributed by atoms with Crippen LogP contribution in [0.3, 0.4) is 0 Å². The molecule has 0 unspecified atom stereocenters. The smallest absolute Gasteiger partial charge is 0.412 e. The zero-order valence-electron chi connectivity index (χ0n) is 18.0. The second kappa shape index (κ2) is 11.4. The standard InChI is InChI=1S/C18H19ClFN3O2S.C4H4O4/c19-13-9-12(1-2-14(13)20)15-16(21-11-26-15)22-17(24)25-10-18-3-6-23(7-4-18)8-5-18;5-3(6)1-2-4(7)8/h1-2,9,11H,3-8,10H2,(H,22,24);1-2H,(H,5,6)(H,7,8)/b;2-1+. The van der Waals surface area contributed by atoms with Crippen molar-refractivity contribution in [1.82, 2.24) is 9.88 Å². The SMILES string of the molecule is O=C(Nc1ncsc1-c1ccc(F)c(Cl)c1)OCC12CCN(CC1)CC2.O=C(O)/C=C/C(=O)O. The zero-order valence-corrected chi connectivity index (χ0v) is 19.6. The molecule has 4 heterocycles. The topological polar surface area (TPSA) is 129 Å². The number of ether oxygens (including phenoxy) is 1. The van der Waals surface area contributed by atoms with Crippen LogP contribution in [-0.2, 0) is 14.3 Å². The van der Waals surface area contributed by atoms with Gasteiger partial charge in [0.1, 0.15) is 5.82 Å². The van der Waals surface area contributed by atoms with Gasteiger partial charge in [0.25, 0.3) is 0 Å². The van der Waals surface area contributed by atoms with E-state index in [-0.39, 0.29) is 10.4 Å². The number of hydrogen-bond donors (Lipinski definition) is 3. The Morgan fingerprint density at radius 1 is 1.18 bits per heavy atom. The molecule has 3 N–H and O–H groups in total. The number of benzene rings is 1. The van der Waals surface area contributed by atoms with Crippen LogP contribution in [0.4, 0.5) is 15.0 Å². The van der Waals surface area contributed by atoms with Crippen LogP contribution in [0.15, 0.2) is 35.9 Å². The van der Waals surface area contributed by atoms with E-state index in [1.165, 1.54) is 23.5 Å². The molecule has 3 aliphatic heterocycles. The summed E-state index contributed by atoms with van der Waals surface area (Å²) in [6.07, 6.45) is 3.85. The number of carboxylic acids is 2. The molecule has 2 bridgehead atoms. The fourth-order valence-corrected chi connectivity index (χ4v) is 4.71. The van der Waals surface area contributed by atoms with E-state index in [1.807, 2.05) is 0 Å². The van der Waals surface area contributed by atoms with Crippen LogP contribution in [0.2, 0.25) is 5.02 Å². The summed E-state index contributed by atoms with van der Waals surface area (Å²) in [6, 6.07) is 4.43. The van der Waals surface area contributed by atoms with E-state index in [2.05, 4.69) is 15.2 Å². The van der Waals surface area contributed by atoms with Crippen LogP contribution in [0, 0.1) is 11.2 Å². The van der Waals surface area contributed by atoms with E-state index in [0.29, 0.717) is 35.0 Å². The molecule has 0 radical (unpaired) electrons. The van der Waals surface area contributed by atoms with Crippen molar-refractivity contribution < 1.29 is 33.7 Å². The molecule has 0 atom stereocenters. The highest BCUT2D eigenvalue weighted by molar-refractivity contribution is 7.13. The van der Waals surface area contributed by atoms with Gasteiger partial charge in [-0.3, -0.25) is 5.32 Å². The monoisotopic (exact) mass is 511 g/mol. The average Bonchev–Trinajstić information content (AvgIpc) is 3.28. The minimum absolute atomic E-state index is 0.0344. The molecule has 9 nitrogen and oxygen atoms in total. The molecule has 34 heavy (non-hydrogen) atoms. The maximum atomic E-state index is 13.4. The molecule has 5 rings (SSSR count). The second-order valence-electron chi connectivity index (χ2n) is 7.96. The van der Waals surface area contributed by atoms with E-state index >= 15 is 0 Å². The summed E-state index contributed by atoms with van der Waals surface area (Å²) in [7, 11) is 0. The van der Waals surface area contributed by atoms with Crippen molar-refractivity contribution in [2.75, 3.05) is 31.6 Å². The summed E-state index contributed by atoms with van der Waals surface area (Å²) in [4.78, 5) is 38.7. The lowest BCUT2D eigenvalue weighted by atomic mass is 9.73. The maximum Gasteiger partial charge on any atom is 0.412 e. The Morgan fingerprint density at radius 3 is 2.35 bits per heavy atom. The van der Waals surface area contributed by atoms with E-state index in [4.69, 9.17) is 26.6 Å². The van der Waals surface area contributed by atoms with Gasteiger partial charge in [-0.05, 0) is 56.6 Å². The number of carboxylic acid groups (broad SMARTS) is 2. The van der Waals surface area contributed by atoms with E-state index in [1.54, 1.807) is 11.6 Å². The van der Waals surface area contributed by atoms with Crippen molar-refractivity contribution in [3.63, 3.8) is 0 Å². The van der Waals surface area contributed by atoms with Crippen molar-refractivity contribution in [1.29, 1.82) is 0 Å². The molecule has 1 amide bonds. The first-order chi connectivity index (χ1) is 16.2. The van der Waals surface area contributed by atoms with Gasteiger partial charge in [-0.1, -0.05) is 17.7 Å². The van der Waals surface area contributed by atoms with Crippen molar-refractivity contribution in [3.8, 4) is 10.4 Å². The first kappa shape index (κ1) is 25.6. The van der Waals surface area contributed by atoms with Crippen molar-refractivity contribution in [2.24, 2.45) is 5.41 Å². The van der Waals surface area contributed by atoms with Gasteiger partial charge in [0.15, 0.2) is 5.82 Å². The third-order valence-corrected chi connectivity index (χ3v) is 6.89. The number of amides is 1. The van der Waals surface area contributed by atoms with Crippen molar-refractivity contribution >= 4 is 46.8 Å². The summed E-state index contributed by atoms with van der Waals surface area (Å²) in [5.41, 5.74) is 2.45. The summed E-state index contributed by atoms with van der Waals surface area (Å²) in [5.74, 6) is -2.59. The van der Waals surface area contributed by atoms with Crippen LogP contribution < -0.4 is 5.32 Å². The van der Waals surface area contributed by atoms with Gasteiger partial charge >= 0.3 is 18.0 Å². The van der Waals surface area contributed by atoms with Gasteiger partial charge < -0.3 is 19.8 Å². The molecule has 3 aliphatic rings. The van der Waals surface area contributed by atoms with Gasteiger partial charge in [-0.2, -0.15) is 0 Å². The highest BCUT2D eigenvalue weighted by Crippen LogP contribution is 2.40. The number of hydrogen-bond acceptors (Lipinski definition) is 7. The number of nitrogens with one attached hydrogen (secondary N) is 1. The maximum absolute atomic E-state index is 13.4. The molecule has 2 aromatic rings. The Labute approximate surface area is 203 Å². The first-order valence-corrected chi connectivity index (χ1v) is 11.6. The molecule has 12 heteroatoms. The number of carbonyl (C=O) groups excluding carboxylic acids is 1. The Kier molecular flexibility index (Phi) is 8.59. The number of anilines is 1. The van der Waals surface area contributed by atoms with Gasteiger partial charge in [0.05, 0.1) is 22.0 Å². The first-order valence-electron chi connectivity index (χ1n) is 10.4. The summed E-state index contributed by atoms with van der Waals surface area (Å²) in [5, 5.41) is 18.4. The van der Waals surface area contributed by atoms with Crippen LogP contribution >= 0.6 is 22.9 Å². The largest absolute Gasteiger partial charge is 0.478 e. The van der Waals surface area contributed by atoms with E-state index < -0.39 is 23.8 Å². The number of aliphatic carboxylic acids is 2. The third kappa shape index (κ3) is 6.99. The molecule has 182 valence electrons. The molecule has 1 aromatic heterocycles. The van der Waals surface area contributed by atoms with Crippen LogP contribution in [0.25, 0.3) is 10.4 Å². The Balaban J connectivity index is 0.000000350. The average molecular weight is 512 g/mol. The fraction of sp³-hybridized carbons (Fsp3) is 0.364. The molecule has 3 fully saturated rings. The minimum atomic E-state index is -1.26. The normalized spacial score (nSPS) is 20.9. The fourth-order valence-electron chi connectivity index (χ4n) is 3.78. The molecule has 1 aromatic carbocycles. The van der Waals surface area contributed by atoms with Gasteiger partial charge in [0.2, 0.25) is 0 Å². The molecule has 0 aliphatic carbocycles. The van der Waals surface area contributed by atoms with Crippen molar-refractivity contribution in [2.45, 2.75) is 19.3 Å². The number of rotatable bonds is 6. The minimum Gasteiger partial charge on any atom is -0.478 e. The van der Waals surface area contributed by atoms with Gasteiger partial charge in [-0.15, -0.1) is 11.3 Å². The number of piperidine rings is 3. The molecular weight excluding hydrogens is 489 g/mol. The van der Waals surface area contributed by atoms with Crippen molar-refractivity contribution in [3.05, 3.63) is 46.7 Å². The van der Waals surface area contributed by atoms with E-state index in [9.17, 15) is 18.8 Å². The van der Waals surface area contributed by atoms with Crippen LogP contribution in [0.5, 0.6) is 0 Å². The number of fused-ring (bicyclic) bond motifs is 3. The predicted octanol–water partition coefficient (Wildman–Crippen LogP) is 4.35. The lowest BCUT2D eigenvalue weighted by Crippen LogP contribution is -2.50. The number of aromatic nitrogens is 1. The lowest BCUT2D eigenvalue weighted by Gasteiger charge is -2.47. The second-order valence-corrected chi connectivity index (χ2v) is 9.22. The zero-order chi connectivity index (χ0) is 24.7. The number of nitrogens with zero attached hydrogens (tertiary/aromatic N) is 2. The number of carbonyl (C=O) groups is 3. The molecular formula is C22H23ClFN3O6S. The van der Waals surface area contributed by atoms with E-state index in [0.717, 1.165) is 38.9 Å². The highest BCUT2D eigenvalue weighted by atomic mass is 35.5. The Hall–Kier alpha value is -3.02. The van der Waals surface area contributed by atoms with Gasteiger partial charge in [0, 0.05) is 17.6 Å². The molecule has 0 spiro atoms. The number of thiazole rings is 1. The summed E-state index contributed by atoms with van der Waals surface area (Å²) in [6.45, 7) is 3.71. The Morgan fingerprint density at radius 2 is 1.79 bits per heavy atom. The highest BCUT2D eigenvalue weighted by Gasteiger charge is 2.40. The summed E-state index contributed by atoms with van der Waals surface area (Å²) < 4.78 is 18.9. The number of halogens is 2. The third-order valence-electron chi connectivity index (χ3n) is 5.72. The predicted molar refractivity (Wildman–Crippen MR) is 125 cm³/mol. The Bertz CT molecular complexity index is 1050. The quantitative estimate of drug-likeness (QED) is 0.488.